The van der Waals surface area contributed by atoms with E-state index in [4.69, 9.17) is 4.84 Å². The van der Waals surface area contributed by atoms with E-state index in [1.165, 1.54) is 5.06 Å². The third kappa shape index (κ3) is 3.92. The van der Waals surface area contributed by atoms with Crippen molar-refractivity contribution in [2.45, 2.75) is 38.5 Å². The maximum atomic E-state index is 11.5. The Bertz CT molecular complexity index is 192. The van der Waals surface area contributed by atoms with Gasteiger partial charge in [-0.15, -0.1) is 6.58 Å². The zero-order chi connectivity index (χ0) is 10.2. The Morgan fingerprint density at radius 2 is 2.29 bits per heavy atom. The second-order valence-corrected chi connectivity index (χ2v) is 3.57. The van der Waals surface area contributed by atoms with Gasteiger partial charge in [0.15, 0.2) is 0 Å². The molecule has 1 rings (SSSR count). The predicted molar refractivity (Wildman–Crippen MR) is 55.6 cm³/mol. The van der Waals surface area contributed by atoms with E-state index in [0.717, 1.165) is 38.6 Å². The summed E-state index contributed by atoms with van der Waals surface area (Å²) in [4.78, 5) is 16.9. The maximum Gasteiger partial charge on any atom is 0.246 e. The SMILES string of the molecule is C=CCCCON1CCCCCC1=O. The topological polar surface area (TPSA) is 29.5 Å². The summed E-state index contributed by atoms with van der Waals surface area (Å²) in [6.45, 7) is 5.02. The molecule has 0 bridgehead atoms. The van der Waals surface area contributed by atoms with Crippen LogP contribution in [0.15, 0.2) is 12.7 Å². The number of carbonyl (C=O) groups is 1. The summed E-state index contributed by atoms with van der Waals surface area (Å²) in [5.74, 6) is 0.140. The first-order valence-corrected chi connectivity index (χ1v) is 5.39. The lowest BCUT2D eigenvalue weighted by Crippen LogP contribution is -2.30. The van der Waals surface area contributed by atoms with Crippen molar-refractivity contribution < 1.29 is 9.63 Å². The summed E-state index contributed by atoms with van der Waals surface area (Å²) in [5, 5.41) is 1.54. The molecule has 0 spiro atoms. The van der Waals surface area contributed by atoms with Crippen molar-refractivity contribution in [3.8, 4) is 0 Å². The number of hydrogen-bond donors (Lipinski definition) is 0. The Labute approximate surface area is 85.7 Å². The third-order valence-corrected chi connectivity index (χ3v) is 2.33. The van der Waals surface area contributed by atoms with Crippen LogP contribution in [0, 0.1) is 0 Å². The molecule has 14 heavy (non-hydrogen) atoms. The molecule has 1 heterocycles. The molecule has 1 saturated heterocycles. The lowest BCUT2D eigenvalue weighted by Gasteiger charge is -2.19. The van der Waals surface area contributed by atoms with Gasteiger partial charge in [0.1, 0.15) is 0 Å². The van der Waals surface area contributed by atoms with Gasteiger partial charge in [0, 0.05) is 13.0 Å². The standard InChI is InChI=1S/C11H19NO2/c1-2-3-7-10-14-12-9-6-4-5-8-11(12)13/h2H,1,3-10H2. The zero-order valence-corrected chi connectivity index (χ0v) is 8.71. The molecule has 1 fully saturated rings. The van der Waals surface area contributed by atoms with Crippen LogP contribution in [0.3, 0.4) is 0 Å². The van der Waals surface area contributed by atoms with Crippen molar-refractivity contribution in [2.24, 2.45) is 0 Å². The first kappa shape index (κ1) is 11.2. The van der Waals surface area contributed by atoms with Gasteiger partial charge >= 0.3 is 0 Å². The molecule has 1 aliphatic heterocycles. The highest BCUT2D eigenvalue weighted by Gasteiger charge is 2.16. The number of allylic oxidation sites excluding steroid dienone is 1. The first-order valence-electron chi connectivity index (χ1n) is 5.39. The van der Waals surface area contributed by atoms with Crippen molar-refractivity contribution in [1.82, 2.24) is 5.06 Å². The van der Waals surface area contributed by atoms with Crippen LogP contribution in [0.2, 0.25) is 0 Å². The van der Waals surface area contributed by atoms with Gasteiger partial charge in [-0.3, -0.25) is 9.63 Å². The number of hydroxylamine groups is 2. The molecule has 80 valence electrons. The van der Waals surface area contributed by atoms with E-state index >= 15 is 0 Å². The normalized spacial score (nSPS) is 18.0. The van der Waals surface area contributed by atoms with Gasteiger partial charge in [-0.25, -0.2) is 5.06 Å². The average Bonchev–Trinajstić information content (AvgIpc) is 2.39. The minimum Gasteiger partial charge on any atom is -0.273 e. The fraction of sp³-hybridized carbons (Fsp3) is 0.727. The van der Waals surface area contributed by atoms with Gasteiger partial charge in [-0.2, -0.15) is 0 Å². The summed E-state index contributed by atoms with van der Waals surface area (Å²) in [7, 11) is 0. The van der Waals surface area contributed by atoms with Crippen molar-refractivity contribution in [3.05, 3.63) is 12.7 Å². The summed E-state index contributed by atoms with van der Waals surface area (Å²) >= 11 is 0. The number of unbranched alkanes of at least 4 members (excludes halogenated alkanes) is 1. The van der Waals surface area contributed by atoms with E-state index in [-0.39, 0.29) is 5.91 Å². The van der Waals surface area contributed by atoms with E-state index < -0.39 is 0 Å². The van der Waals surface area contributed by atoms with Crippen LogP contribution in [0.1, 0.15) is 38.5 Å². The highest BCUT2D eigenvalue weighted by Crippen LogP contribution is 2.11. The summed E-state index contributed by atoms with van der Waals surface area (Å²) in [5.41, 5.74) is 0. The van der Waals surface area contributed by atoms with Crippen LogP contribution in [0.25, 0.3) is 0 Å². The Balaban J connectivity index is 2.19. The van der Waals surface area contributed by atoms with Gasteiger partial charge in [-0.05, 0) is 25.7 Å². The molecule has 0 N–H and O–H groups in total. The molecule has 0 aromatic rings. The zero-order valence-electron chi connectivity index (χ0n) is 8.71. The van der Waals surface area contributed by atoms with Crippen LogP contribution in [0.5, 0.6) is 0 Å². The van der Waals surface area contributed by atoms with Crippen LogP contribution >= 0.6 is 0 Å². The van der Waals surface area contributed by atoms with Crippen LogP contribution in [-0.2, 0) is 9.63 Å². The fourth-order valence-electron chi connectivity index (χ4n) is 1.50. The monoisotopic (exact) mass is 197 g/mol. The molecule has 0 atom stereocenters. The third-order valence-electron chi connectivity index (χ3n) is 2.33. The number of hydrogen-bond acceptors (Lipinski definition) is 2. The first-order chi connectivity index (χ1) is 6.84. The molecule has 0 radical (unpaired) electrons. The molecule has 0 aromatic carbocycles. The summed E-state index contributed by atoms with van der Waals surface area (Å²) < 4.78 is 0. The molecule has 0 aromatic heterocycles. The van der Waals surface area contributed by atoms with E-state index in [2.05, 4.69) is 6.58 Å². The molecule has 3 heteroatoms. The van der Waals surface area contributed by atoms with E-state index in [9.17, 15) is 4.79 Å². The van der Waals surface area contributed by atoms with E-state index in [1.54, 1.807) is 0 Å². The minimum atomic E-state index is 0.140. The number of rotatable bonds is 5. The predicted octanol–water partition coefficient (Wildman–Crippen LogP) is 2.29. The average molecular weight is 197 g/mol. The van der Waals surface area contributed by atoms with Gasteiger partial charge in [-0.1, -0.05) is 12.5 Å². The number of nitrogens with zero attached hydrogens (tertiary/aromatic N) is 1. The summed E-state index contributed by atoms with van der Waals surface area (Å²) in [6.07, 6.45) is 7.60. The van der Waals surface area contributed by atoms with Crippen molar-refractivity contribution in [3.63, 3.8) is 0 Å². The summed E-state index contributed by atoms with van der Waals surface area (Å²) in [6, 6.07) is 0. The lowest BCUT2D eigenvalue weighted by atomic mass is 10.2. The van der Waals surface area contributed by atoms with Gasteiger partial charge in [0.05, 0.1) is 6.61 Å². The van der Waals surface area contributed by atoms with Gasteiger partial charge in [0.2, 0.25) is 5.91 Å². The Morgan fingerprint density at radius 1 is 1.43 bits per heavy atom. The molecule has 0 unspecified atom stereocenters. The largest absolute Gasteiger partial charge is 0.273 e. The highest BCUT2D eigenvalue weighted by molar-refractivity contribution is 5.75. The van der Waals surface area contributed by atoms with Crippen molar-refractivity contribution in [1.29, 1.82) is 0 Å². The number of carbonyl (C=O) groups excluding carboxylic acids is 1. The molecule has 1 aliphatic rings. The highest BCUT2D eigenvalue weighted by atomic mass is 16.7. The number of amides is 1. The fourth-order valence-corrected chi connectivity index (χ4v) is 1.50. The molecule has 0 aliphatic carbocycles. The smallest absolute Gasteiger partial charge is 0.246 e. The van der Waals surface area contributed by atoms with Gasteiger partial charge in [0.25, 0.3) is 0 Å². The Kier molecular flexibility index (Phi) is 5.30. The van der Waals surface area contributed by atoms with Crippen molar-refractivity contribution >= 4 is 5.91 Å². The van der Waals surface area contributed by atoms with E-state index in [0.29, 0.717) is 13.0 Å². The Hall–Kier alpha value is -0.830. The molecular formula is C11H19NO2. The van der Waals surface area contributed by atoms with Crippen LogP contribution in [0.4, 0.5) is 0 Å². The Morgan fingerprint density at radius 3 is 3.07 bits per heavy atom. The van der Waals surface area contributed by atoms with Crippen LogP contribution in [-0.4, -0.2) is 24.1 Å². The molecule has 0 saturated carbocycles. The molecular weight excluding hydrogens is 178 g/mol. The quantitative estimate of drug-likeness (QED) is 0.500. The lowest BCUT2D eigenvalue weighted by molar-refractivity contribution is -0.185. The second-order valence-electron chi connectivity index (χ2n) is 3.57. The molecule has 3 nitrogen and oxygen atoms in total. The minimum absolute atomic E-state index is 0.140. The van der Waals surface area contributed by atoms with E-state index in [1.807, 2.05) is 6.08 Å². The second kappa shape index (κ2) is 6.60. The van der Waals surface area contributed by atoms with Crippen LogP contribution < -0.4 is 0 Å². The molecule has 1 amide bonds. The van der Waals surface area contributed by atoms with Crippen molar-refractivity contribution in [2.75, 3.05) is 13.2 Å². The van der Waals surface area contributed by atoms with Gasteiger partial charge < -0.3 is 0 Å². The maximum absolute atomic E-state index is 11.5.